The van der Waals surface area contributed by atoms with Gasteiger partial charge in [-0.15, -0.1) is 0 Å². The number of nitro benzene ring substituents is 2. The molecule has 3 rings (SSSR count). The van der Waals surface area contributed by atoms with Crippen LogP contribution in [-0.4, -0.2) is 20.6 Å². The number of benzene rings is 1. The number of carbonyl (C=O) groups is 1. The molecule has 10 nitrogen and oxygen atoms in total. The van der Waals surface area contributed by atoms with Gasteiger partial charge in [0.15, 0.2) is 5.78 Å². The number of ketones is 1. The quantitative estimate of drug-likeness (QED) is 0.603. The second-order valence-corrected chi connectivity index (χ2v) is 5.36. The lowest BCUT2D eigenvalue weighted by Crippen LogP contribution is -2.16. The van der Waals surface area contributed by atoms with Crippen molar-refractivity contribution >= 4 is 28.8 Å². The number of rotatable bonds is 4. The van der Waals surface area contributed by atoms with E-state index in [1.54, 1.807) is 6.92 Å². The van der Waals surface area contributed by atoms with E-state index in [0.29, 0.717) is 0 Å². The SMILES string of the molecule is CCC1=C([N+](=O)[O-])C=C2C(=Cc3cc([N+](=O)[O-])cc([N+](=O)[O-])c32)C1=O. The first-order chi connectivity index (χ1) is 11.8. The number of Topliss-reactive ketones (excluding diaryl/α,β-unsaturated/α-hetero) is 1. The predicted octanol–water partition coefficient (Wildman–Crippen LogP) is 2.81. The van der Waals surface area contributed by atoms with Crippen LogP contribution in [0.2, 0.25) is 0 Å². The molecule has 0 amide bonds. The molecule has 25 heavy (non-hydrogen) atoms. The zero-order valence-corrected chi connectivity index (χ0v) is 12.7. The highest BCUT2D eigenvalue weighted by Gasteiger charge is 2.39. The molecule has 0 N–H and O–H groups in total. The minimum absolute atomic E-state index is 0.00930. The summed E-state index contributed by atoms with van der Waals surface area (Å²) in [6, 6.07) is 1.89. The molecule has 0 aromatic heterocycles. The van der Waals surface area contributed by atoms with Gasteiger partial charge in [0.1, 0.15) is 0 Å². The number of allylic oxidation sites excluding steroid dienone is 4. The van der Waals surface area contributed by atoms with Crippen molar-refractivity contribution in [3.8, 4) is 0 Å². The zero-order valence-electron chi connectivity index (χ0n) is 12.7. The maximum absolute atomic E-state index is 12.5. The van der Waals surface area contributed by atoms with E-state index >= 15 is 0 Å². The van der Waals surface area contributed by atoms with Gasteiger partial charge in [-0.3, -0.25) is 35.1 Å². The molecule has 1 aromatic rings. The molecule has 2 aliphatic carbocycles. The molecular formula is C15H9N3O7. The maximum Gasteiger partial charge on any atom is 0.284 e. The highest BCUT2D eigenvalue weighted by Crippen LogP contribution is 2.46. The average molecular weight is 343 g/mol. The van der Waals surface area contributed by atoms with Crippen molar-refractivity contribution in [1.82, 2.24) is 0 Å². The highest BCUT2D eigenvalue weighted by molar-refractivity contribution is 6.26. The fourth-order valence-corrected chi connectivity index (χ4v) is 3.00. The molecule has 0 fully saturated rings. The summed E-state index contributed by atoms with van der Waals surface area (Å²) in [5.41, 5.74) is -1.27. The van der Waals surface area contributed by atoms with Crippen molar-refractivity contribution in [2.75, 3.05) is 0 Å². The fraction of sp³-hybridized carbons (Fsp3) is 0.133. The van der Waals surface area contributed by atoms with Gasteiger partial charge < -0.3 is 0 Å². The van der Waals surface area contributed by atoms with Crippen LogP contribution in [0.4, 0.5) is 11.4 Å². The van der Waals surface area contributed by atoms with Gasteiger partial charge in [0.05, 0.1) is 32.0 Å². The van der Waals surface area contributed by atoms with Crippen molar-refractivity contribution < 1.29 is 19.6 Å². The minimum Gasteiger partial charge on any atom is -0.289 e. The van der Waals surface area contributed by atoms with Crippen molar-refractivity contribution in [2.45, 2.75) is 13.3 Å². The van der Waals surface area contributed by atoms with Crippen LogP contribution in [0.5, 0.6) is 0 Å². The van der Waals surface area contributed by atoms with E-state index < -0.39 is 37.6 Å². The van der Waals surface area contributed by atoms with Crippen LogP contribution in [0.15, 0.2) is 35.1 Å². The van der Waals surface area contributed by atoms with E-state index in [0.717, 1.165) is 18.2 Å². The standard InChI is InChI=1S/C15H9N3O7/c1-2-9-12(17(22)23)6-10-11(15(9)19)4-7-3-8(16(20)21)5-13(14(7)10)18(24)25/h3-6H,2H2,1H3. The van der Waals surface area contributed by atoms with Gasteiger partial charge in [-0.1, -0.05) is 6.92 Å². The summed E-state index contributed by atoms with van der Waals surface area (Å²) in [5.74, 6) is -0.597. The largest absolute Gasteiger partial charge is 0.289 e. The van der Waals surface area contributed by atoms with Gasteiger partial charge in [0, 0.05) is 23.3 Å². The Labute approximate surface area is 139 Å². The number of hydrogen-bond donors (Lipinski definition) is 0. The first kappa shape index (κ1) is 16.2. The predicted molar refractivity (Wildman–Crippen MR) is 85.0 cm³/mol. The van der Waals surface area contributed by atoms with Crippen LogP contribution in [0.25, 0.3) is 11.6 Å². The Hall–Kier alpha value is -3.69. The Kier molecular flexibility index (Phi) is 3.52. The Morgan fingerprint density at radius 1 is 0.920 bits per heavy atom. The van der Waals surface area contributed by atoms with Gasteiger partial charge in [0.25, 0.3) is 17.1 Å². The second kappa shape index (κ2) is 5.44. The van der Waals surface area contributed by atoms with E-state index in [-0.39, 0.29) is 34.3 Å². The third-order valence-electron chi connectivity index (χ3n) is 4.06. The summed E-state index contributed by atoms with van der Waals surface area (Å²) in [6.45, 7) is 1.59. The molecule has 0 unspecified atom stereocenters. The molecule has 126 valence electrons. The van der Waals surface area contributed by atoms with Gasteiger partial charge in [0.2, 0.25) is 0 Å². The molecule has 1 aromatic carbocycles. The molecule has 0 spiro atoms. The smallest absolute Gasteiger partial charge is 0.284 e. The van der Waals surface area contributed by atoms with Gasteiger partial charge >= 0.3 is 0 Å². The van der Waals surface area contributed by atoms with E-state index in [1.807, 2.05) is 0 Å². The van der Waals surface area contributed by atoms with E-state index in [1.165, 1.54) is 6.08 Å². The third kappa shape index (κ3) is 2.31. The van der Waals surface area contributed by atoms with Crippen molar-refractivity contribution in [3.63, 3.8) is 0 Å². The summed E-state index contributed by atoms with van der Waals surface area (Å²) in [6.07, 6.45) is 2.54. The molecule has 0 atom stereocenters. The molecule has 0 heterocycles. The van der Waals surface area contributed by atoms with Crippen LogP contribution < -0.4 is 0 Å². The third-order valence-corrected chi connectivity index (χ3v) is 4.06. The molecule has 0 saturated heterocycles. The number of fused-ring (bicyclic) bond motifs is 3. The first-order valence-corrected chi connectivity index (χ1v) is 7.09. The second-order valence-electron chi connectivity index (χ2n) is 5.36. The van der Waals surface area contributed by atoms with Gasteiger partial charge in [-0.25, -0.2) is 0 Å². The lowest BCUT2D eigenvalue weighted by atomic mass is 9.88. The molecule has 0 aliphatic heterocycles. The minimum atomic E-state index is -0.807. The topological polar surface area (TPSA) is 146 Å². The van der Waals surface area contributed by atoms with Crippen LogP contribution in [-0.2, 0) is 4.79 Å². The molecule has 0 bridgehead atoms. The summed E-state index contributed by atoms with van der Waals surface area (Å²) >= 11 is 0. The number of non-ortho nitro benzene ring substituents is 1. The Balaban J connectivity index is 2.33. The Morgan fingerprint density at radius 3 is 2.12 bits per heavy atom. The van der Waals surface area contributed by atoms with Crippen LogP contribution >= 0.6 is 0 Å². The maximum atomic E-state index is 12.5. The number of hydrogen-bond acceptors (Lipinski definition) is 7. The molecule has 2 aliphatic rings. The summed E-state index contributed by atoms with van der Waals surface area (Å²) in [7, 11) is 0. The number of carbonyl (C=O) groups excluding carboxylic acids is 1. The van der Waals surface area contributed by atoms with Crippen molar-refractivity contribution in [1.29, 1.82) is 0 Å². The monoisotopic (exact) mass is 343 g/mol. The summed E-state index contributed by atoms with van der Waals surface area (Å²) in [4.78, 5) is 43.8. The van der Waals surface area contributed by atoms with Gasteiger partial charge in [-0.05, 0) is 18.1 Å². The van der Waals surface area contributed by atoms with E-state index in [2.05, 4.69) is 0 Å². The van der Waals surface area contributed by atoms with Crippen molar-refractivity contribution in [3.05, 3.63) is 76.5 Å². The summed E-state index contributed by atoms with van der Waals surface area (Å²) < 4.78 is 0. The number of nitrogens with zero attached hydrogens (tertiary/aromatic N) is 3. The van der Waals surface area contributed by atoms with Crippen molar-refractivity contribution in [2.24, 2.45) is 0 Å². The van der Waals surface area contributed by atoms with E-state index in [4.69, 9.17) is 0 Å². The van der Waals surface area contributed by atoms with Crippen LogP contribution in [0.1, 0.15) is 24.5 Å². The highest BCUT2D eigenvalue weighted by atomic mass is 16.6. The Bertz CT molecular complexity index is 985. The first-order valence-electron chi connectivity index (χ1n) is 7.09. The molecular weight excluding hydrogens is 334 g/mol. The molecule has 0 saturated carbocycles. The number of nitro groups is 3. The fourth-order valence-electron chi connectivity index (χ4n) is 3.00. The lowest BCUT2D eigenvalue weighted by Gasteiger charge is -2.13. The molecule has 0 radical (unpaired) electrons. The van der Waals surface area contributed by atoms with Gasteiger partial charge in [-0.2, -0.15) is 0 Å². The lowest BCUT2D eigenvalue weighted by molar-refractivity contribution is -0.420. The van der Waals surface area contributed by atoms with E-state index in [9.17, 15) is 35.1 Å². The average Bonchev–Trinajstić information content (AvgIpc) is 2.92. The Morgan fingerprint density at radius 2 is 1.60 bits per heavy atom. The van der Waals surface area contributed by atoms with Crippen LogP contribution in [0, 0.1) is 30.3 Å². The molecule has 10 heteroatoms. The summed E-state index contributed by atoms with van der Waals surface area (Å²) in [5, 5.41) is 33.5. The normalized spacial score (nSPS) is 15.3. The van der Waals surface area contributed by atoms with Crippen LogP contribution in [0.3, 0.4) is 0 Å². The zero-order chi connectivity index (χ0) is 18.5.